The summed E-state index contributed by atoms with van der Waals surface area (Å²) in [6, 6.07) is 1.88. The van der Waals surface area contributed by atoms with Crippen LogP contribution in [0.3, 0.4) is 0 Å². The van der Waals surface area contributed by atoms with E-state index in [1.807, 2.05) is 0 Å². The number of nitrogens with zero attached hydrogens (tertiary/aromatic N) is 3. The first-order valence-corrected chi connectivity index (χ1v) is 6.07. The van der Waals surface area contributed by atoms with Crippen molar-refractivity contribution >= 4 is 21.9 Å². The third-order valence-corrected chi connectivity index (χ3v) is 3.13. The minimum absolute atomic E-state index is 0.0228. The van der Waals surface area contributed by atoms with Crippen molar-refractivity contribution in [1.29, 1.82) is 0 Å². The highest BCUT2D eigenvalue weighted by atomic mass is 79.9. The summed E-state index contributed by atoms with van der Waals surface area (Å²) < 4.78 is 28.2. The summed E-state index contributed by atoms with van der Waals surface area (Å²) >= 11 is 2.86. The number of aromatic nitrogens is 3. The van der Waals surface area contributed by atoms with Gasteiger partial charge in [0.15, 0.2) is 5.69 Å². The van der Waals surface area contributed by atoms with Crippen LogP contribution >= 0.6 is 15.9 Å². The van der Waals surface area contributed by atoms with Gasteiger partial charge in [0.05, 0.1) is 10.2 Å². The largest absolute Gasteiger partial charge is 0.476 e. The molecule has 0 aliphatic heterocycles. The maximum Gasteiger partial charge on any atom is 0.358 e. The van der Waals surface area contributed by atoms with E-state index in [1.54, 1.807) is 6.92 Å². The van der Waals surface area contributed by atoms with Crippen LogP contribution in [0, 0.1) is 11.6 Å². The van der Waals surface area contributed by atoms with Crippen molar-refractivity contribution in [3.8, 4) is 5.69 Å². The van der Waals surface area contributed by atoms with E-state index in [1.165, 1.54) is 0 Å². The van der Waals surface area contributed by atoms with Gasteiger partial charge in [0.2, 0.25) is 0 Å². The van der Waals surface area contributed by atoms with Gasteiger partial charge in [-0.1, -0.05) is 12.1 Å². The SMILES string of the molecule is CCc1c(C(=O)O)nnn1-c1cc(F)c(Br)cc1F. The molecule has 0 saturated carbocycles. The Bertz CT molecular complexity index is 658. The summed E-state index contributed by atoms with van der Waals surface area (Å²) in [5.41, 5.74) is -0.254. The molecule has 0 saturated heterocycles. The van der Waals surface area contributed by atoms with Gasteiger partial charge in [0, 0.05) is 6.07 Å². The first-order valence-electron chi connectivity index (χ1n) is 5.28. The Morgan fingerprint density at radius 2 is 2.11 bits per heavy atom. The van der Waals surface area contributed by atoms with E-state index in [0.717, 1.165) is 16.8 Å². The van der Waals surface area contributed by atoms with Crippen LogP contribution in [0.5, 0.6) is 0 Å². The van der Waals surface area contributed by atoms with Gasteiger partial charge >= 0.3 is 5.97 Å². The van der Waals surface area contributed by atoms with Gasteiger partial charge in [-0.15, -0.1) is 5.10 Å². The average Bonchev–Trinajstić information content (AvgIpc) is 2.77. The van der Waals surface area contributed by atoms with Crippen LogP contribution in [0.25, 0.3) is 5.69 Å². The zero-order chi connectivity index (χ0) is 14.2. The monoisotopic (exact) mass is 331 g/mol. The normalized spacial score (nSPS) is 10.7. The quantitative estimate of drug-likeness (QED) is 0.878. The zero-order valence-electron chi connectivity index (χ0n) is 9.69. The lowest BCUT2D eigenvalue weighted by atomic mass is 10.2. The van der Waals surface area contributed by atoms with Gasteiger partial charge in [-0.3, -0.25) is 0 Å². The van der Waals surface area contributed by atoms with Gasteiger partial charge in [0.1, 0.15) is 17.3 Å². The zero-order valence-corrected chi connectivity index (χ0v) is 11.3. The van der Waals surface area contributed by atoms with E-state index < -0.39 is 17.6 Å². The van der Waals surface area contributed by atoms with E-state index in [0.29, 0.717) is 0 Å². The Morgan fingerprint density at radius 1 is 1.42 bits per heavy atom. The van der Waals surface area contributed by atoms with Crippen LogP contribution in [0.2, 0.25) is 0 Å². The molecule has 0 spiro atoms. The van der Waals surface area contributed by atoms with Crippen molar-refractivity contribution in [2.45, 2.75) is 13.3 Å². The highest BCUT2D eigenvalue weighted by Crippen LogP contribution is 2.23. The fourth-order valence-corrected chi connectivity index (χ4v) is 1.97. The smallest absolute Gasteiger partial charge is 0.358 e. The molecule has 2 rings (SSSR count). The number of carboxylic acids is 1. The molecule has 5 nitrogen and oxygen atoms in total. The molecule has 0 aliphatic carbocycles. The molecule has 100 valence electrons. The van der Waals surface area contributed by atoms with Crippen molar-refractivity contribution in [1.82, 2.24) is 15.0 Å². The Labute approximate surface area is 115 Å². The van der Waals surface area contributed by atoms with Crippen molar-refractivity contribution in [3.63, 3.8) is 0 Å². The van der Waals surface area contributed by atoms with E-state index in [2.05, 4.69) is 26.2 Å². The molecule has 0 bridgehead atoms. The first-order chi connectivity index (χ1) is 8.95. The molecule has 2 aromatic rings. The molecule has 8 heteroatoms. The summed E-state index contributed by atoms with van der Waals surface area (Å²) in [5.74, 6) is -2.67. The highest BCUT2D eigenvalue weighted by molar-refractivity contribution is 9.10. The summed E-state index contributed by atoms with van der Waals surface area (Å²) in [5, 5.41) is 16.0. The number of carboxylic acid groups (broad SMARTS) is 1. The summed E-state index contributed by atoms with van der Waals surface area (Å²) in [6.07, 6.45) is 0.270. The maximum atomic E-state index is 13.8. The van der Waals surface area contributed by atoms with Gasteiger partial charge in [-0.2, -0.15) is 0 Å². The Hall–Kier alpha value is -1.83. The number of aromatic carboxylic acids is 1. The summed E-state index contributed by atoms with van der Waals surface area (Å²) in [7, 11) is 0. The van der Waals surface area contributed by atoms with Gasteiger partial charge in [-0.25, -0.2) is 18.3 Å². The van der Waals surface area contributed by atoms with Crippen molar-refractivity contribution in [2.24, 2.45) is 0 Å². The summed E-state index contributed by atoms with van der Waals surface area (Å²) in [6.45, 7) is 1.68. The first kappa shape index (κ1) is 13.6. The van der Waals surface area contributed by atoms with Crippen LogP contribution in [0.4, 0.5) is 8.78 Å². The molecule has 0 radical (unpaired) electrons. The predicted octanol–water partition coefficient (Wildman–Crippen LogP) is 2.57. The van der Waals surface area contributed by atoms with E-state index in [-0.39, 0.29) is 28.0 Å². The molecule has 0 atom stereocenters. The number of rotatable bonds is 3. The fourth-order valence-electron chi connectivity index (χ4n) is 1.65. The number of benzene rings is 1. The molecule has 19 heavy (non-hydrogen) atoms. The second-order valence-electron chi connectivity index (χ2n) is 3.67. The molecule has 0 fully saturated rings. The van der Waals surface area contributed by atoms with E-state index in [9.17, 15) is 13.6 Å². The topological polar surface area (TPSA) is 68.0 Å². The molecule has 1 heterocycles. The lowest BCUT2D eigenvalue weighted by Crippen LogP contribution is -2.08. The van der Waals surface area contributed by atoms with Crippen LogP contribution in [-0.2, 0) is 6.42 Å². The van der Waals surface area contributed by atoms with Gasteiger partial charge < -0.3 is 5.11 Å². The molecule has 1 N–H and O–H groups in total. The van der Waals surface area contributed by atoms with Crippen molar-refractivity contribution in [3.05, 3.63) is 39.6 Å². The van der Waals surface area contributed by atoms with Gasteiger partial charge in [-0.05, 0) is 28.4 Å². The second-order valence-corrected chi connectivity index (χ2v) is 4.53. The van der Waals surface area contributed by atoms with Crippen LogP contribution in [0.15, 0.2) is 16.6 Å². The molecule has 1 aromatic carbocycles. The number of carbonyl (C=O) groups is 1. The molecule has 0 aliphatic rings. The maximum absolute atomic E-state index is 13.8. The second kappa shape index (κ2) is 5.04. The minimum Gasteiger partial charge on any atom is -0.476 e. The molecule has 0 amide bonds. The molecule has 1 aromatic heterocycles. The number of hydrogen-bond donors (Lipinski definition) is 1. The van der Waals surface area contributed by atoms with Gasteiger partial charge in [0.25, 0.3) is 0 Å². The van der Waals surface area contributed by atoms with Crippen LogP contribution in [-0.4, -0.2) is 26.1 Å². The minimum atomic E-state index is -1.26. The number of halogens is 3. The third kappa shape index (κ3) is 2.35. The lowest BCUT2D eigenvalue weighted by Gasteiger charge is -2.07. The molecular weight excluding hydrogens is 324 g/mol. The van der Waals surface area contributed by atoms with E-state index in [4.69, 9.17) is 5.11 Å². The Morgan fingerprint density at radius 3 is 2.68 bits per heavy atom. The number of hydrogen-bond acceptors (Lipinski definition) is 3. The molecular formula is C11H8BrF2N3O2. The van der Waals surface area contributed by atoms with Crippen LogP contribution in [0.1, 0.15) is 23.1 Å². The Balaban J connectivity index is 2.66. The van der Waals surface area contributed by atoms with Crippen molar-refractivity contribution < 1.29 is 18.7 Å². The average molecular weight is 332 g/mol. The fraction of sp³-hybridized carbons (Fsp3) is 0.182. The van der Waals surface area contributed by atoms with Crippen LogP contribution < -0.4 is 0 Å². The van der Waals surface area contributed by atoms with E-state index >= 15 is 0 Å². The summed E-state index contributed by atoms with van der Waals surface area (Å²) in [4.78, 5) is 10.9. The standard InChI is InChI=1S/C11H8BrF2N3O2/c1-2-8-10(11(18)19)15-16-17(8)9-4-6(13)5(12)3-7(9)14/h3-4H,2H2,1H3,(H,18,19). The Kier molecular flexibility index (Phi) is 3.61. The third-order valence-electron chi connectivity index (χ3n) is 2.52. The van der Waals surface area contributed by atoms with Crippen molar-refractivity contribution in [2.75, 3.05) is 0 Å². The lowest BCUT2D eigenvalue weighted by molar-refractivity contribution is 0.0689. The molecule has 0 unspecified atom stereocenters. The highest BCUT2D eigenvalue weighted by Gasteiger charge is 2.21. The predicted molar refractivity (Wildman–Crippen MR) is 65.3 cm³/mol.